The molecule has 42 heavy (non-hydrogen) atoms. The van der Waals surface area contributed by atoms with Crippen molar-refractivity contribution in [1.82, 2.24) is 28.7 Å². The van der Waals surface area contributed by atoms with Gasteiger partial charge in [0.1, 0.15) is 22.6 Å². The van der Waals surface area contributed by atoms with Crippen LogP contribution in [0.3, 0.4) is 0 Å². The van der Waals surface area contributed by atoms with E-state index in [1.54, 1.807) is 21.6 Å². The standard InChI is InChI=1S/C29H24ClFN8O2S/c1-36-8-7-26(35-36)19-9-23(28-20(10-32)12-34-39(28)17-19)18-5-6-27(33-11-18)37-13-21-15-38(16-22(21)14-37)42(40,41)29-24(30)3-2-4-25(29)31/h2-9,11-12,17,21-22H,13-16H2,1H3/t21-,22+. The number of anilines is 1. The van der Waals surface area contributed by atoms with Crippen LogP contribution < -0.4 is 4.90 Å². The minimum Gasteiger partial charge on any atom is -0.356 e. The second-order valence-corrected chi connectivity index (χ2v) is 13.0. The number of rotatable bonds is 5. The number of fused-ring (bicyclic) bond motifs is 2. The summed E-state index contributed by atoms with van der Waals surface area (Å²) in [4.78, 5) is 6.44. The minimum atomic E-state index is -4.05. The summed E-state index contributed by atoms with van der Waals surface area (Å²) in [5.74, 6) is 0.120. The molecule has 0 amide bonds. The summed E-state index contributed by atoms with van der Waals surface area (Å²) in [7, 11) is -2.19. The van der Waals surface area contributed by atoms with Crippen LogP contribution in [0, 0.1) is 29.0 Å². The molecule has 0 saturated carbocycles. The molecule has 2 fully saturated rings. The Morgan fingerprint density at radius 1 is 1.05 bits per heavy atom. The number of sulfonamides is 1. The lowest BCUT2D eigenvalue weighted by molar-refractivity contribution is 0.447. The highest BCUT2D eigenvalue weighted by molar-refractivity contribution is 7.89. The van der Waals surface area contributed by atoms with Crippen LogP contribution in [0.2, 0.25) is 5.02 Å². The Balaban J connectivity index is 1.13. The molecule has 0 spiro atoms. The number of hydrogen-bond acceptors (Lipinski definition) is 7. The molecule has 6 heterocycles. The molecule has 0 N–H and O–H groups in total. The first-order valence-corrected chi connectivity index (χ1v) is 15.1. The van der Waals surface area contributed by atoms with Crippen molar-refractivity contribution in [3.8, 4) is 28.5 Å². The lowest BCUT2D eigenvalue weighted by atomic mass is 10.0. The van der Waals surface area contributed by atoms with Gasteiger partial charge in [-0.3, -0.25) is 4.68 Å². The average Bonchev–Trinajstić information content (AvgIpc) is 3.75. The topological polar surface area (TPSA) is 112 Å². The van der Waals surface area contributed by atoms with Crippen LogP contribution in [-0.4, -0.2) is 63.3 Å². The van der Waals surface area contributed by atoms with Gasteiger partial charge in [-0.15, -0.1) is 0 Å². The summed E-state index contributed by atoms with van der Waals surface area (Å²) >= 11 is 6.07. The van der Waals surface area contributed by atoms with Gasteiger partial charge in [0.2, 0.25) is 10.0 Å². The SMILES string of the molecule is Cn1ccc(-c2cc(-c3ccc(N4C[C@@H]5CN(S(=O)(=O)c6c(F)cccc6Cl)C[C@@H]5C4)nc3)c3c(C#N)cnn3c2)n1. The number of pyridine rings is 2. The fourth-order valence-electron chi connectivity index (χ4n) is 6.06. The lowest BCUT2D eigenvalue weighted by Gasteiger charge is -2.23. The van der Waals surface area contributed by atoms with Gasteiger partial charge in [0.05, 0.1) is 28.0 Å². The molecule has 0 bridgehead atoms. The summed E-state index contributed by atoms with van der Waals surface area (Å²) in [6, 6.07) is 13.9. The highest BCUT2D eigenvalue weighted by Gasteiger charge is 2.45. The quantitative estimate of drug-likeness (QED) is 0.296. The Labute approximate surface area is 246 Å². The van der Waals surface area contributed by atoms with Crippen LogP contribution in [0.4, 0.5) is 10.2 Å². The molecule has 5 aromatic rings. The molecule has 13 heteroatoms. The Bertz CT molecular complexity index is 1970. The fraction of sp³-hybridized carbons (Fsp3) is 0.241. The smallest absolute Gasteiger partial charge is 0.247 e. The third-order valence-corrected chi connectivity index (χ3v) is 10.4. The number of aromatic nitrogens is 5. The van der Waals surface area contributed by atoms with Crippen molar-refractivity contribution in [2.45, 2.75) is 4.90 Å². The number of hydrogen-bond donors (Lipinski definition) is 0. The summed E-state index contributed by atoms with van der Waals surface area (Å²) in [5, 5.41) is 18.5. The Morgan fingerprint density at radius 2 is 1.83 bits per heavy atom. The zero-order valence-electron chi connectivity index (χ0n) is 22.4. The number of nitrogens with zero attached hydrogens (tertiary/aromatic N) is 8. The van der Waals surface area contributed by atoms with E-state index in [2.05, 4.69) is 21.2 Å². The van der Waals surface area contributed by atoms with E-state index >= 15 is 0 Å². The molecule has 0 aliphatic carbocycles. The highest BCUT2D eigenvalue weighted by atomic mass is 35.5. The number of halogens is 2. The molecular formula is C29H24ClFN8O2S. The van der Waals surface area contributed by atoms with E-state index < -0.39 is 20.7 Å². The summed E-state index contributed by atoms with van der Waals surface area (Å²) in [5.41, 5.74) is 4.45. The van der Waals surface area contributed by atoms with Gasteiger partial charge in [-0.05, 0) is 48.2 Å². The van der Waals surface area contributed by atoms with Crippen molar-refractivity contribution in [3.05, 3.63) is 83.7 Å². The first-order chi connectivity index (χ1) is 20.2. The van der Waals surface area contributed by atoms with Gasteiger partial charge in [0, 0.05) is 68.5 Å². The second kappa shape index (κ2) is 9.90. The van der Waals surface area contributed by atoms with Crippen LogP contribution in [0.5, 0.6) is 0 Å². The predicted molar refractivity (Wildman–Crippen MR) is 155 cm³/mol. The molecule has 2 atom stereocenters. The molecule has 0 unspecified atom stereocenters. The van der Waals surface area contributed by atoms with E-state index in [9.17, 15) is 18.1 Å². The van der Waals surface area contributed by atoms with Crippen LogP contribution in [0.1, 0.15) is 5.56 Å². The fourth-order valence-corrected chi connectivity index (χ4v) is 8.17. The van der Waals surface area contributed by atoms with Gasteiger partial charge < -0.3 is 4.90 Å². The number of benzene rings is 1. The molecule has 7 rings (SSSR count). The van der Waals surface area contributed by atoms with Crippen molar-refractivity contribution in [3.63, 3.8) is 0 Å². The van der Waals surface area contributed by atoms with Crippen molar-refractivity contribution in [2.75, 3.05) is 31.1 Å². The van der Waals surface area contributed by atoms with Crippen LogP contribution in [0.25, 0.3) is 27.9 Å². The molecule has 2 aliphatic heterocycles. The van der Waals surface area contributed by atoms with Crippen LogP contribution in [-0.2, 0) is 17.1 Å². The number of aryl methyl sites for hydroxylation is 1. The molecule has 0 radical (unpaired) electrons. The Morgan fingerprint density at radius 3 is 2.48 bits per heavy atom. The molecule has 10 nitrogen and oxygen atoms in total. The predicted octanol–water partition coefficient (Wildman–Crippen LogP) is 4.22. The monoisotopic (exact) mass is 602 g/mol. The van der Waals surface area contributed by atoms with Gasteiger partial charge in [-0.1, -0.05) is 17.7 Å². The van der Waals surface area contributed by atoms with Crippen LogP contribution in [0.15, 0.2) is 72.1 Å². The van der Waals surface area contributed by atoms with Crippen LogP contribution >= 0.6 is 11.6 Å². The van der Waals surface area contributed by atoms with Crippen molar-refractivity contribution >= 4 is 33.0 Å². The van der Waals surface area contributed by atoms with E-state index in [4.69, 9.17) is 16.6 Å². The van der Waals surface area contributed by atoms with Crippen molar-refractivity contribution in [2.24, 2.45) is 18.9 Å². The first-order valence-electron chi connectivity index (χ1n) is 13.3. The molecular weight excluding hydrogens is 579 g/mol. The van der Waals surface area contributed by atoms with Gasteiger partial charge in [-0.25, -0.2) is 22.3 Å². The Kier molecular flexibility index (Phi) is 6.27. The maximum atomic E-state index is 14.4. The highest BCUT2D eigenvalue weighted by Crippen LogP contribution is 2.38. The maximum absolute atomic E-state index is 14.4. The van der Waals surface area contributed by atoms with Gasteiger partial charge in [0.25, 0.3) is 0 Å². The Hall–Kier alpha value is -4.31. The third-order valence-electron chi connectivity index (χ3n) is 8.09. The summed E-state index contributed by atoms with van der Waals surface area (Å²) < 4.78 is 45.6. The molecule has 4 aromatic heterocycles. The van der Waals surface area contributed by atoms with Gasteiger partial charge in [0.15, 0.2) is 0 Å². The normalized spacial score (nSPS) is 19.0. The van der Waals surface area contributed by atoms with Gasteiger partial charge in [-0.2, -0.15) is 19.8 Å². The summed E-state index contributed by atoms with van der Waals surface area (Å²) in [6.07, 6.45) is 7.06. The zero-order chi connectivity index (χ0) is 29.2. The summed E-state index contributed by atoms with van der Waals surface area (Å²) in [6.45, 7) is 1.86. The van der Waals surface area contributed by atoms with E-state index in [0.717, 1.165) is 34.3 Å². The zero-order valence-corrected chi connectivity index (χ0v) is 24.0. The molecule has 2 aliphatic rings. The van der Waals surface area contributed by atoms with Crippen molar-refractivity contribution < 1.29 is 12.8 Å². The molecule has 2 saturated heterocycles. The molecule has 212 valence electrons. The van der Waals surface area contributed by atoms with Crippen molar-refractivity contribution in [1.29, 1.82) is 5.26 Å². The molecule has 1 aromatic carbocycles. The minimum absolute atomic E-state index is 0.0893. The maximum Gasteiger partial charge on any atom is 0.247 e. The van der Waals surface area contributed by atoms with Gasteiger partial charge >= 0.3 is 0 Å². The lowest BCUT2D eigenvalue weighted by Crippen LogP contribution is -2.34. The third kappa shape index (κ3) is 4.32. The average molecular weight is 603 g/mol. The van der Waals surface area contributed by atoms with E-state index in [-0.39, 0.29) is 16.9 Å². The number of nitriles is 1. The second-order valence-electron chi connectivity index (χ2n) is 10.7. The first kappa shape index (κ1) is 26.6. The largest absolute Gasteiger partial charge is 0.356 e. The van der Waals surface area contributed by atoms with E-state index in [1.807, 2.05) is 43.7 Å². The van der Waals surface area contributed by atoms with E-state index in [1.165, 1.54) is 16.4 Å². The van der Waals surface area contributed by atoms with E-state index in [0.29, 0.717) is 37.3 Å².